The van der Waals surface area contributed by atoms with Gasteiger partial charge >= 0.3 is 0 Å². The summed E-state index contributed by atoms with van der Waals surface area (Å²) < 4.78 is 24.3. The van der Waals surface area contributed by atoms with Crippen molar-refractivity contribution >= 4 is 16.0 Å². The lowest BCUT2D eigenvalue weighted by Gasteiger charge is -2.19. The highest BCUT2D eigenvalue weighted by Gasteiger charge is 2.09. The summed E-state index contributed by atoms with van der Waals surface area (Å²) in [5, 5.41) is 6.36. The molecule has 1 aromatic rings. The summed E-state index contributed by atoms with van der Waals surface area (Å²) in [6.45, 7) is 4.91. The van der Waals surface area contributed by atoms with E-state index in [4.69, 9.17) is 0 Å². The minimum absolute atomic E-state index is 0.111. The maximum absolute atomic E-state index is 11.0. The Kier molecular flexibility index (Phi) is 6.64. The Bertz CT molecular complexity index is 584. The lowest BCUT2D eigenvalue weighted by Crippen LogP contribution is -2.42. The van der Waals surface area contributed by atoms with Crippen LogP contribution in [0.1, 0.15) is 24.1 Å². The number of hydrogen-bond acceptors (Lipinski definition) is 3. The molecule has 1 aromatic carbocycles. The second-order valence-corrected chi connectivity index (χ2v) is 6.72. The second kappa shape index (κ2) is 7.99. The number of rotatable bonds is 6. The first-order valence-corrected chi connectivity index (χ1v) is 8.70. The van der Waals surface area contributed by atoms with Gasteiger partial charge in [0.1, 0.15) is 0 Å². The summed E-state index contributed by atoms with van der Waals surface area (Å²) in [5.41, 5.74) is 2.42. The Morgan fingerprint density at radius 3 is 2.52 bits per heavy atom. The normalized spacial score (nSPS) is 13.8. The standard InChI is InChI=1S/C14H24N4O2S/c1-11-7-5-6-8-13(11)12(2)18-14(15-3)16-9-10-17-21(4,19)20/h5-8,12,17H,9-10H2,1-4H3,(H2,15,16,18). The van der Waals surface area contributed by atoms with Crippen molar-refractivity contribution < 1.29 is 8.42 Å². The number of aliphatic imine (C=N–C) groups is 1. The molecule has 1 unspecified atom stereocenters. The molecule has 0 fully saturated rings. The lowest BCUT2D eigenvalue weighted by molar-refractivity contribution is 0.586. The van der Waals surface area contributed by atoms with Crippen molar-refractivity contribution in [3.63, 3.8) is 0 Å². The number of guanidine groups is 1. The summed E-state index contributed by atoms with van der Waals surface area (Å²) >= 11 is 0. The van der Waals surface area contributed by atoms with Crippen LogP contribution in [0.15, 0.2) is 29.3 Å². The Balaban J connectivity index is 2.49. The summed E-state index contributed by atoms with van der Waals surface area (Å²) in [6.07, 6.45) is 1.14. The molecule has 118 valence electrons. The first-order valence-electron chi connectivity index (χ1n) is 6.81. The van der Waals surface area contributed by atoms with Gasteiger partial charge in [-0.2, -0.15) is 0 Å². The molecule has 0 amide bonds. The molecule has 21 heavy (non-hydrogen) atoms. The van der Waals surface area contributed by atoms with E-state index in [1.54, 1.807) is 7.05 Å². The Morgan fingerprint density at radius 1 is 1.29 bits per heavy atom. The third-order valence-corrected chi connectivity index (χ3v) is 3.74. The van der Waals surface area contributed by atoms with Crippen LogP contribution in [-0.2, 0) is 10.0 Å². The topological polar surface area (TPSA) is 82.6 Å². The van der Waals surface area contributed by atoms with Gasteiger partial charge in [0.15, 0.2) is 5.96 Å². The van der Waals surface area contributed by atoms with Gasteiger partial charge in [0.2, 0.25) is 10.0 Å². The number of nitrogens with zero attached hydrogens (tertiary/aromatic N) is 1. The maximum Gasteiger partial charge on any atom is 0.208 e. The molecule has 0 heterocycles. The van der Waals surface area contributed by atoms with E-state index in [1.165, 1.54) is 11.1 Å². The number of sulfonamides is 1. The molecule has 7 heteroatoms. The van der Waals surface area contributed by atoms with E-state index >= 15 is 0 Å². The average molecular weight is 312 g/mol. The molecule has 0 bridgehead atoms. The van der Waals surface area contributed by atoms with Crippen LogP contribution < -0.4 is 15.4 Å². The van der Waals surface area contributed by atoms with E-state index in [1.807, 2.05) is 12.1 Å². The fraction of sp³-hybridized carbons (Fsp3) is 0.500. The molecule has 0 saturated carbocycles. The molecule has 0 aliphatic carbocycles. The van der Waals surface area contributed by atoms with Crippen molar-refractivity contribution in [2.45, 2.75) is 19.9 Å². The van der Waals surface area contributed by atoms with Gasteiger partial charge in [-0.15, -0.1) is 0 Å². The SMILES string of the molecule is CN=C(NCCNS(C)(=O)=O)NC(C)c1ccccc1C. The molecule has 6 nitrogen and oxygen atoms in total. The molecular weight excluding hydrogens is 288 g/mol. The van der Waals surface area contributed by atoms with Crippen LogP contribution in [0.25, 0.3) is 0 Å². The van der Waals surface area contributed by atoms with Crippen LogP contribution in [0.3, 0.4) is 0 Å². The number of nitrogens with one attached hydrogen (secondary N) is 3. The van der Waals surface area contributed by atoms with Gasteiger partial charge in [0.05, 0.1) is 12.3 Å². The van der Waals surface area contributed by atoms with Crippen molar-refractivity contribution in [1.29, 1.82) is 0 Å². The molecule has 0 saturated heterocycles. The van der Waals surface area contributed by atoms with Gasteiger partial charge in [-0.05, 0) is 25.0 Å². The maximum atomic E-state index is 11.0. The molecule has 0 spiro atoms. The van der Waals surface area contributed by atoms with Crippen LogP contribution in [-0.4, -0.2) is 40.8 Å². The molecule has 1 rings (SSSR count). The van der Waals surface area contributed by atoms with Gasteiger partial charge in [0.25, 0.3) is 0 Å². The van der Waals surface area contributed by atoms with E-state index in [0.717, 1.165) is 6.26 Å². The number of benzene rings is 1. The van der Waals surface area contributed by atoms with Crippen LogP contribution in [0, 0.1) is 6.92 Å². The minimum atomic E-state index is -3.15. The lowest BCUT2D eigenvalue weighted by atomic mass is 10.0. The smallest absolute Gasteiger partial charge is 0.208 e. The van der Waals surface area contributed by atoms with E-state index in [0.29, 0.717) is 19.0 Å². The van der Waals surface area contributed by atoms with E-state index in [2.05, 4.69) is 46.3 Å². The predicted octanol–water partition coefficient (Wildman–Crippen LogP) is 0.770. The number of aryl methyl sites for hydroxylation is 1. The fourth-order valence-corrected chi connectivity index (χ4v) is 2.44. The molecule has 0 aliphatic rings. The fourth-order valence-electron chi connectivity index (χ4n) is 1.97. The van der Waals surface area contributed by atoms with Gasteiger partial charge < -0.3 is 10.6 Å². The van der Waals surface area contributed by atoms with Crippen LogP contribution in [0.2, 0.25) is 0 Å². The van der Waals surface area contributed by atoms with Gasteiger partial charge in [-0.1, -0.05) is 24.3 Å². The number of hydrogen-bond donors (Lipinski definition) is 3. The third-order valence-electron chi connectivity index (χ3n) is 3.01. The van der Waals surface area contributed by atoms with E-state index in [-0.39, 0.29) is 6.04 Å². The molecule has 1 atom stereocenters. The zero-order valence-corrected chi connectivity index (χ0v) is 13.8. The van der Waals surface area contributed by atoms with Crippen LogP contribution >= 0.6 is 0 Å². The summed E-state index contributed by atoms with van der Waals surface area (Å²) in [7, 11) is -1.47. The summed E-state index contributed by atoms with van der Waals surface area (Å²) in [6, 6.07) is 8.27. The zero-order valence-electron chi connectivity index (χ0n) is 13.0. The Labute approximate surface area is 127 Å². The first kappa shape index (κ1) is 17.5. The Hall–Kier alpha value is -1.60. The van der Waals surface area contributed by atoms with Crippen LogP contribution in [0.4, 0.5) is 0 Å². The van der Waals surface area contributed by atoms with Crippen molar-refractivity contribution in [3.8, 4) is 0 Å². The van der Waals surface area contributed by atoms with Crippen LogP contribution in [0.5, 0.6) is 0 Å². The molecule has 0 aliphatic heterocycles. The zero-order chi connectivity index (χ0) is 15.9. The predicted molar refractivity (Wildman–Crippen MR) is 86.9 cm³/mol. The van der Waals surface area contributed by atoms with Crippen molar-refractivity contribution in [1.82, 2.24) is 15.4 Å². The highest BCUT2D eigenvalue weighted by molar-refractivity contribution is 7.88. The monoisotopic (exact) mass is 312 g/mol. The molecular formula is C14H24N4O2S. The Morgan fingerprint density at radius 2 is 1.95 bits per heavy atom. The highest BCUT2D eigenvalue weighted by atomic mass is 32.2. The third kappa shape index (κ3) is 6.59. The van der Waals surface area contributed by atoms with Crippen molar-refractivity contribution in [3.05, 3.63) is 35.4 Å². The largest absolute Gasteiger partial charge is 0.355 e. The highest BCUT2D eigenvalue weighted by Crippen LogP contribution is 2.16. The van der Waals surface area contributed by atoms with E-state index < -0.39 is 10.0 Å². The van der Waals surface area contributed by atoms with Gasteiger partial charge in [0, 0.05) is 20.1 Å². The minimum Gasteiger partial charge on any atom is -0.355 e. The average Bonchev–Trinajstić information content (AvgIpc) is 2.41. The summed E-state index contributed by atoms with van der Waals surface area (Å²) in [4.78, 5) is 4.13. The van der Waals surface area contributed by atoms with Crippen molar-refractivity contribution in [2.75, 3.05) is 26.4 Å². The van der Waals surface area contributed by atoms with E-state index in [9.17, 15) is 8.42 Å². The van der Waals surface area contributed by atoms with Crippen molar-refractivity contribution in [2.24, 2.45) is 4.99 Å². The van der Waals surface area contributed by atoms with Gasteiger partial charge in [-0.25, -0.2) is 13.1 Å². The molecule has 3 N–H and O–H groups in total. The quantitative estimate of drug-likeness (QED) is 0.412. The first-order chi connectivity index (χ1) is 9.83. The summed E-state index contributed by atoms with van der Waals surface area (Å²) in [5.74, 6) is 0.640. The molecule has 0 radical (unpaired) electrons. The van der Waals surface area contributed by atoms with Gasteiger partial charge in [-0.3, -0.25) is 4.99 Å². The molecule has 0 aromatic heterocycles. The second-order valence-electron chi connectivity index (χ2n) is 4.89.